The summed E-state index contributed by atoms with van der Waals surface area (Å²) in [5.41, 5.74) is 0. The van der Waals surface area contributed by atoms with Crippen molar-refractivity contribution >= 4 is 6.47 Å². The van der Waals surface area contributed by atoms with Crippen LogP contribution in [-0.4, -0.2) is 51.2 Å². The summed E-state index contributed by atoms with van der Waals surface area (Å²) in [6.45, 7) is 7.02. The molecule has 1 aliphatic rings. The first-order chi connectivity index (χ1) is 8.10. The lowest BCUT2D eigenvalue weighted by atomic mass is 10.2. The topological polar surface area (TPSA) is 41.6 Å². The Morgan fingerprint density at radius 3 is 2.29 bits per heavy atom. The molecule has 1 saturated heterocycles. The summed E-state index contributed by atoms with van der Waals surface area (Å²) in [5.74, 6) is 5.79. The highest BCUT2D eigenvalue weighted by atomic mass is 16.5. The van der Waals surface area contributed by atoms with Crippen LogP contribution < -0.4 is 5.32 Å². The van der Waals surface area contributed by atoms with Gasteiger partial charge >= 0.3 is 0 Å². The smallest absolute Gasteiger partial charge is 0.293 e. The molecule has 0 aliphatic carbocycles. The first-order valence-corrected chi connectivity index (χ1v) is 5.95. The summed E-state index contributed by atoms with van der Waals surface area (Å²) >= 11 is 0. The van der Waals surface area contributed by atoms with Gasteiger partial charge < -0.3 is 9.64 Å². The normalized spacial score (nSPS) is 21.1. The number of ether oxygens (including phenoxy) is 1. The third kappa shape index (κ3) is 12.9. The van der Waals surface area contributed by atoms with Gasteiger partial charge in [-0.1, -0.05) is 19.8 Å². The van der Waals surface area contributed by atoms with Crippen LogP contribution in [0.1, 0.15) is 27.2 Å². The Hall–Kier alpha value is -1.05. The second-order valence-electron chi connectivity index (χ2n) is 3.79. The van der Waals surface area contributed by atoms with E-state index >= 15 is 0 Å². The number of nitrogens with zero attached hydrogens (tertiary/aromatic N) is 1. The molecule has 17 heavy (non-hydrogen) atoms. The highest BCUT2D eigenvalue weighted by Gasteiger charge is 2.22. The lowest BCUT2D eigenvalue weighted by Crippen LogP contribution is -2.19. The Morgan fingerprint density at radius 2 is 1.88 bits per heavy atom. The zero-order chi connectivity index (χ0) is 13.7. The van der Waals surface area contributed by atoms with E-state index in [0.29, 0.717) is 6.47 Å². The molecule has 0 aromatic heterocycles. The maximum atomic E-state index is 9.94. The van der Waals surface area contributed by atoms with E-state index in [9.17, 15) is 4.79 Å². The van der Waals surface area contributed by atoms with E-state index in [-0.39, 0.29) is 12.1 Å². The van der Waals surface area contributed by atoms with Crippen molar-refractivity contribution in [2.45, 2.75) is 39.3 Å². The van der Waals surface area contributed by atoms with Gasteiger partial charge in [0.25, 0.3) is 6.47 Å². The molecule has 0 radical (unpaired) electrons. The van der Waals surface area contributed by atoms with E-state index in [1.54, 1.807) is 6.92 Å². The Balaban J connectivity index is 0. The molecule has 4 nitrogen and oxygen atoms in total. The van der Waals surface area contributed by atoms with Crippen molar-refractivity contribution in [2.24, 2.45) is 0 Å². The Labute approximate surface area is 106 Å². The van der Waals surface area contributed by atoms with Crippen molar-refractivity contribution in [3.05, 3.63) is 0 Å². The fraction of sp³-hybridized carbons (Fsp3) is 0.769. The van der Waals surface area contributed by atoms with Crippen LogP contribution in [0.25, 0.3) is 0 Å². The monoisotopic (exact) mass is 242 g/mol. The van der Waals surface area contributed by atoms with Gasteiger partial charge in [-0.3, -0.25) is 10.1 Å². The maximum Gasteiger partial charge on any atom is 0.293 e. The van der Waals surface area contributed by atoms with Gasteiger partial charge in [-0.05, 0) is 28.1 Å². The van der Waals surface area contributed by atoms with E-state index in [4.69, 9.17) is 4.74 Å². The minimum atomic E-state index is 0.0124. The van der Waals surface area contributed by atoms with Crippen molar-refractivity contribution in [3.8, 4) is 11.8 Å². The molecule has 1 aliphatic heterocycles. The van der Waals surface area contributed by atoms with Crippen LogP contribution in [-0.2, 0) is 9.53 Å². The molecule has 2 unspecified atom stereocenters. The molecule has 4 heteroatoms. The molecule has 100 valence electrons. The summed E-state index contributed by atoms with van der Waals surface area (Å²) in [4.78, 5) is 11.9. The standard InChI is InChI=1S/C8H11NO2.C3H9N.C2H6/c1-2-3-7-4-8(5-9-7)11-6-10;1-4(2)3;1-2/h6-9H,4-5H2,1H3;1-3H3;1-2H3. The molecule has 0 bridgehead atoms. The van der Waals surface area contributed by atoms with Gasteiger partial charge in [-0.15, -0.1) is 5.92 Å². The van der Waals surface area contributed by atoms with E-state index in [1.165, 1.54) is 0 Å². The highest BCUT2D eigenvalue weighted by molar-refractivity contribution is 5.37. The molecule has 2 atom stereocenters. The van der Waals surface area contributed by atoms with Crippen molar-refractivity contribution < 1.29 is 9.53 Å². The number of carbonyl (C=O) groups excluding carboxylic acids is 1. The second kappa shape index (κ2) is 13.0. The predicted octanol–water partition coefficient (Wildman–Crippen LogP) is 1.12. The molecule has 0 aromatic carbocycles. The molecule has 1 heterocycles. The van der Waals surface area contributed by atoms with Crippen molar-refractivity contribution in [3.63, 3.8) is 0 Å². The van der Waals surface area contributed by atoms with Crippen LogP contribution in [0.4, 0.5) is 0 Å². The van der Waals surface area contributed by atoms with E-state index in [0.717, 1.165) is 13.0 Å². The molecule has 0 saturated carbocycles. The Morgan fingerprint density at radius 1 is 1.35 bits per heavy atom. The maximum absolute atomic E-state index is 9.94. The van der Waals surface area contributed by atoms with Crippen LogP contribution in [0, 0.1) is 11.8 Å². The summed E-state index contributed by atoms with van der Waals surface area (Å²) in [6, 6.07) is 0.199. The lowest BCUT2D eigenvalue weighted by Gasteiger charge is -2.03. The molecule has 1 N–H and O–H groups in total. The van der Waals surface area contributed by atoms with E-state index in [2.05, 4.69) is 17.2 Å². The van der Waals surface area contributed by atoms with E-state index < -0.39 is 0 Å². The lowest BCUT2D eigenvalue weighted by molar-refractivity contribution is -0.132. The number of nitrogens with one attached hydrogen (secondary N) is 1. The largest absolute Gasteiger partial charge is 0.463 e. The summed E-state index contributed by atoms with van der Waals surface area (Å²) in [5, 5.41) is 3.13. The zero-order valence-electron chi connectivity index (χ0n) is 11.9. The number of hydrogen-bond donors (Lipinski definition) is 1. The molecule has 0 amide bonds. The van der Waals surface area contributed by atoms with Crippen LogP contribution in [0.15, 0.2) is 0 Å². The molecule has 0 spiro atoms. The summed E-state index contributed by atoms with van der Waals surface area (Å²) in [6.07, 6.45) is 0.817. The highest BCUT2D eigenvalue weighted by Crippen LogP contribution is 2.07. The fourth-order valence-electron chi connectivity index (χ4n) is 1.17. The number of rotatable bonds is 2. The van der Waals surface area contributed by atoms with Crippen molar-refractivity contribution in [1.82, 2.24) is 10.2 Å². The average Bonchev–Trinajstić information content (AvgIpc) is 2.69. The molecular formula is C13H26N2O2. The van der Waals surface area contributed by atoms with Crippen LogP contribution in [0.5, 0.6) is 0 Å². The van der Waals surface area contributed by atoms with Gasteiger partial charge in [-0.25, -0.2) is 0 Å². The first-order valence-electron chi connectivity index (χ1n) is 5.95. The van der Waals surface area contributed by atoms with Crippen LogP contribution >= 0.6 is 0 Å². The second-order valence-corrected chi connectivity index (χ2v) is 3.79. The molecule has 1 rings (SSSR count). The summed E-state index contributed by atoms with van der Waals surface area (Å²) in [7, 11) is 6.00. The minimum Gasteiger partial charge on any atom is -0.463 e. The van der Waals surface area contributed by atoms with Crippen LogP contribution in [0.3, 0.4) is 0 Å². The molecular weight excluding hydrogens is 216 g/mol. The first kappa shape index (κ1) is 18.3. The van der Waals surface area contributed by atoms with Gasteiger partial charge in [0.1, 0.15) is 6.10 Å². The van der Waals surface area contributed by atoms with Gasteiger partial charge in [0.2, 0.25) is 0 Å². The third-order valence-electron chi connectivity index (χ3n) is 1.66. The number of carbonyl (C=O) groups is 1. The van der Waals surface area contributed by atoms with E-state index in [1.807, 2.05) is 39.9 Å². The van der Waals surface area contributed by atoms with Gasteiger partial charge in [0, 0.05) is 13.0 Å². The van der Waals surface area contributed by atoms with Crippen LogP contribution in [0.2, 0.25) is 0 Å². The SMILES string of the molecule is CC.CC#CC1CC(OC=O)CN1.CN(C)C. The zero-order valence-corrected chi connectivity index (χ0v) is 11.9. The molecule has 1 fully saturated rings. The predicted molar refractivity (Wildman–Crippen MR) is 71.8 cm³/mol. The number of hydrogen-bond acceptors (Lipinski definition) is 4. The fourth-order valence-corrected chi connectivity index (χ4v) is 1.17. The minimum absolute atomic E-state index is 0.0124. The molecule has 0 aromatic rings. The average molecular weight is 242 g/mol. The van der Waals surface area contributed by atoms with Crippen molar-refractivity contribution in [2.75, 3.05) is 27.7 Å². The Bertz CT molecular complexity index is 229. The Kier molecular flexibility index (Phi) is 14.0. The van der Waals surface area contributed by atoms with Crippen molar-refractivity contribution in [1.29, 1.82) is 0 Å². The van der Waals surface area contributed by atoms with Gasteiger partial charge in [0.15, 0.2) is 0 Å². The quantitative estimate of drug-likeness (QED) is 0.582. The van der Waals surface area contributed by atoms with Gasteiger partial charge in [-0.2, -0.15) is 0 Å². The third-order valence-corrected chi connectivity index (χ3v) is 1.66. The van der Waals surface area contributed by atoms with Gasteiger partial charge in [0.05, 0.1) is 6.04 Å². The summed E-state index contributed by atoms with van der Waals surface area (Å²) < 4.78 is 4.77.